The highest BCUT2D eigenvalue weighted by molar-refractivity contribution is 6.08. The van der Waals surface area contributed by atoms with Gasteiger partial charge in [0.05, 0.1) is 24.1 Å². The van der Waals surface area contributed by atoms with Crippen LogP contribution in [0.15, 0.2) is 71.4 Å². The number of carbonyl (C=O) groups excluding carboxylic acids is 8. The second kappa shape index (κ2) is 30.2. The number of carbonyl (C=O) groups is 8. The molecule has 22 nitrogen and oxygen atoms in total. The number of nitrogens with zero attached hydrogens (tertiary/aromatic N) is 4. The minimum atomic E-state index is -0.967. The van der Waals surface area contributed by atoms with Crippen LogP contribution >= 0.6 is 0 Å². The number of rotatable bonds is 27. The molecule has 75 heavy (non-hydrogen) atoms. The van der Waals surface area contributed by atoms with Crippen LogP contribution < -0.4 is 53.6 Å². The molecule has 0 spiro atoms. The Hall–Kier alpha value is -8.04. The number of nitrogens with one attached hydrogen (secondary N) is 7. The van der Waals surface area contributed by atoms with Crippen LogP contribution in [0.3, 0.4) is 0 Å². The van der Waals surface area contributed by atoms with E-state index in [2.05, 4.69) is 52.1 Å². The van der Waals surface area contributed by atoms with Gasteiger partial charge < -0.3 is 63.2 Å². The summed E-state index contributed by atoms with van der Waals surface area (Å²) in [7, 11) is 0. The van der Waals surface area contributed by atoms with Gasteiger partial charge in [0.15, 0.2) is 0 Å². The second-order valence-electron chi connectivity index (χ2n) is 18.4. The van der Waals surface area contributed by atoms with Gasteiger partial charge in [-0.15, -0.1) is 0 Å². The number of alkyl carbamates (subject to hydrolysis) is 1. The zero-order valence-corrected chi connectivity index (χ0v) is 43.3. The minimum Gasteiger partial charge on any atom is -0.445 e. The smallest absolute Gasteiger partial charge is 0.407 e. The number of anilines is 3. The predicted molar refractivity (Wildman–Crippen MR) is 287 cm³/mol. The van der Waals surface area contributed by atoms with E-state index in [1.807, 2.05) is 37.8 Å². The summed E-state index contributed by atoms with van der Waals surface area (Å²) in [5.74, 6) is -1.02. The van der Waals surface area contributed by atoms with Gasteiger partial charge in [0.1, 0.15) is 24.3 Å². The maximum absolute atomic E-state index is 13.4. The van der Waals surface area contributed by atoms with Crippen molar-refractivity contribution in [2.24, 2.45) is 22.4 Å². The Balaban J connectivity index is 0.986. The highest BCUT2D eigenvalue weighted by Gasteiger charge is 2.27. The van der Waals surface area contributed by atoms with E-state index in [-0.39, 0.29) is 75.2 Å². The number of aromatic nitrogens is 1. The molecule has 1 saturated heterocycles. The number of amides is 9. The fourth-order valence-electron chi connectivity index (χ4n) is 8.39. The quantitative estimate of drug-likeness (QED) is 0.0474. The molecule has 2 aliphatic heterocycles. The van der Waals surface area contributed by atoms with Crippen molar-refractivity contribution in [2.75, 3.05) is 67.9 Å². The third-order valence-electron chi connectivity index (χ3n) is 12.4. The van der Waals surface area contributed by atoms with Gasteiger partial charge in [-0.05, 0) is 93.0 Å². The Morgan fingerprint density at radius 2 is 1.51 bits per heavy atom. The first-order chi connectivity index (χ1) is 36.1. The van der Waals surface area contributed by atoms with Crippen LogP contribution in [0.5, 0.6) is 0 Å². The Morgan fingerprint density at radius 1 is 0.787 bits per heavy atom. The van der Waals surface area contributed by atoms with E-state index in [0.29, 0.717) is 109 Å². The maximum Gasteiger partial charge on any atom is 0.407 e. The van der Waals surface area contributed by atoms with Crippen molar-refractivity contribution in [2.45, 2.75) is 104 Å². The van der Waals surface area contributed by atoms with E-state index in [9.17, 15) is 38.4 Å². The first kappa shape index (κ1) is 57.9. The Labute approximate surface area is 438 Å². The van der Waals surface area contributed by atoms with E-state index in [0.717, 1.165) is 25.7 Å². The largest absolute Gasteiger partial charge is 0.445 e. The fraction of sp³-hybridized carbons (Fsp3) is 0.472. The standard InChI is InChI=1S/C53H73N13O9/c1-4-7-8-11-46(67)60-33-47(68)64-42(10-9-22-57-52(55)73)50(71)61-40-16-12-35(13-17-40)34-75-53(74)58-24-23-56-48(69)36-20-27-65(28-21-36)45-19-18-41(32-59-45)62-49(70)38-15-14-37-29-39(31-44(54)63-43(37)30-38)51(72)66(25-5-2)26-6-3/h12-19,29-30,32,36,42H,4-11,20-28,31,33-34H2,1-3H3,(H2,54,63)(H,56,69)(H,58,74)(H,60,67)(H,61,71)(H,62,70)(H,64,68)(H3,55,57,73)/t42-/m0/s1. The van der Waals surface area contributed by atoms with Crippen LogP contribution in [0.4, 0.5) is 32.5 Å². The number of piperidine rings is 1. The molecule has 3 heterocycles. The van der Waals surface area contributed by atoms with Crippen LogP contribution in [0, 0.1) is 5.92 Å². The summed E-state index contributed by atoms with van der Waals surface area (Å²) in [6, 6.07) is 13.6. The normalized spacial score (nSPS) is 13.6. The average molecular weight is 1040 g/mol. The molecule has 1 atom stereocenters. The number of aliphatic imine (C=N–C) groups is 1. The number of hydrogen-bond donors (Lipinski definition) is 9. The number of ether oxygens (including phenoxy) is 1. The molecule has 9 amide bonds. The molecule has 404 valence electrons. The molecule has 1 aromatic heterocycles. The molecule has 1 fully saturated rings. The van der Waals surface area contributed by atoms with Gasteiger partial charge in [0, 0.05) is 87.0 Å². The number of pyridine rings is 1. The molecule has 0 saturated carbocycles. The summed E-state index contributed by atoms with van der Waals surface area (Å²) in [4.78, 5) is 114. The van der Waals surface area contributed by atoms with Gasteiger partial charge in [-0.1, -0.05) is 51.8 Å². The van der Waals surface area contributed by atoms with Gasteiger partial charge in [0.2, 0.25) is 29.5 Å². The number of unbranched alkanes of at least 4 members (excludes halogenated alkanes) is 2. The lowest BCUT2D eigenvalue weighted by atomic mass is 9.96. The van der Waals surface area contributed by atoms with E-state index >= 15 is 0 Å². The predicted octanol–water partition coefficient (Wildman–Crippen LogP) is 4.59. The van der Waals surface area contributed by atoms with Crippen molar-refractivity contribution < 1.29 is 43.1 Å². The zero-order chi connectivity index (χ0) is 54.1. The molecule has 0 aliphatic carbocycles. The van der Waals surface area contributed by atoms with Crippen molar-refractivity contribution >= 4 is 82.4 Å². The van der Waals surface area contributed by atoms with E-state index in [1.165, 1.54) is 0 Å². The Kier molecular flexibility index (Phi) is 23.3. The SMILES string of the molecule is CCCCCC(=O)NCC(=O)N[C@@H](CCCNC(N)=O)C(=O)Nc1ccc(COC(=O)NCCNC(=O)C2CCN(c3ccc(NC(=O)c4ccc5c(c4)N=C(N)CC(C(=O)N(CCC)CCC)=C5)cn3)CC2)cc1. The first-order valence-electron chi connectivity index (χ1n) is 25.8. The summed E-state index contributed by atoms with van der Waals surface area (Å²) in [5.41, 5.74) is 15.1. The molecule has 22 heteroatoms. The third kappa shape index (κ3) is 19.4. The summed E-state index contributed by atoms with van der Waals surface area (Å²) in [5, 5.41) is 18.8. The van der Waals surface area contributed by atoms with Gasteiger partial charge in [-0.3, -0.25) is 28.8 Å². The van der Waals surface area contributed by atoms with Crippen LogP contribution in [0.1, 0.15) is 113 Å². The molecule has 2 aromatic carbocycles. The van der Waals surface area contributed by atoms with E-state index < -0.39 is 30.0 Å². The molecule has 3 aromatic rings. The first-order valence-corrected chi connectivity index (χ1v) is 25.8. The van der Waals surface area contributed by atoms with Crippen LogP contribution in [0.25, 0.3) is 6.08 Å². The lowest BCUT2D eigenvalue weighted by Gasteiger charge is -2.32. The maximum atomic E-state index is 13.4. The summed E-state index contributed by atoms with van der Waals surface area (Å²) < 4.78 is 5.33. The number of primary amides is 1. The zero-order valence-electron chi connectivity index (χ0n) is 43.3. The third-order valence-corrected chi connectivity index (χ3v) is 12.4. The van der Waals surface area contributed by atoms with Crippen LogP contribution in [0.2, 0.25) is 0 Å². The Bertz CT molecular complexity index is 2500. The number of nitrogens with two attached hydrogens (primary N) is 2. The second-order valence-corrected chi connectivity index (χ2v) is 18.4. The van der Waals surface area contributed by atoms with E-state index in [4.69, 9.17) is 16.2 Å². The minimum absolute atomic E-state index is 0.0589. The van der Waals surface area contributed by atoms with Crippen LogP contribution in [-0.2, 0) is 35.3 Å². The van der Waals surface area contributed by atoms with Gasteiger partial charge >= 0.3 is 12.1 Å². The molecule has 0 radical (unpaired) electrons. The van der Waals surface area contributed by atoms with Gasteiger partial charge in [-0.2, -0.15) is 0 Å². The monoisotopic (exact) mass is 1040 g/mol. The summed E-state index contributed by atoms with van der Waals surface area (Å²) in [6.07, 6.45) is 9.26. The van der Waals surface area contributed by atoms with Crippen molar-refractivity contribution in [3.05, 3.63) is 83.1 Å². The average Bonchev–Trinajstić information content (AvgIpc) is 3.57. The fourth-order valence-corrected chi connectivity index (χ4v) is 8.39. The number of urea groups is 1. The number of hydrogen-bond acceptors (Lipinski definition) is 13. The molecule has 0 bridgehead atoms. The lowest BCUT2D eigenvalue weighted by molar-refractivity contribution is -0.128. The van der Waals surface area contributed by atoms with Crippen LogP contribution in [-0.4, -0.2) is 122 Å². The highest BCUT2D eigenvalue weighted by Crippen LogP contribution is 2.29. The molecule has 5 rings (SSSR count). The summed E-state index contributed by atoms with van der Waals surface area (Å²) in [6.45, 7) is 8.82. The van der Waals surface area contributed by atoms with Crippen molar-refractivity contribution in [1.29, 1.82) is 0 Å². The molecule has 11 N–H and O–H groups in total. The molecular formula is C53H73N13O9. The molecular weight excluding hydrogens is 963 g/mol. The van der Waals surface area contributed by atoms with E-state index in [1.54, 1.807) is 54.7 Å². The Morgan fingerprint density at radius 3 is 2.19 bits per heavy atom. The number of benzene rings is 2. The van der Waals surface area contributed by atoms with Gasteiger partial charge in [-0.25, -0.2) is 19.6 Å². The van der Waals surface area contributed by atoms with Crippen molar-refractivity contribution in [1.82, 2.24) is 36.5 Å². The molecule has 0 unspecified atom stereocenters. The number of fused-ring (bicyclic) bond motifs is 1. The number of amidine groups is 1. The summed E-state index contributed by atoms with van der Waals surface area (Å²) >= 11 is 0. The topological polar surface area (TPSA) is 314 Å². The van der Waals surface area contributed by atoms with Gasteiger partial charge in [0.25, 0.3) is 5.91 Å². The lowest BCUT2D eigenvalue weighted by Crippen LogP contribution is -2.47. The highest BCUT2D eigenvalue weighted by atomic mass is 16.5. The molecule has 2 aliphatic rings. The van der Waals surface area contributed by atoms with Crippen molar-refractivity contribution in [3.8, 4) is 0 Å². The van der Waals surface area contributed by atoms with Crippen molar-refractivity contribution in [3.63, 3.8) is 0 Å².